The number of hydrogen-bond donors (Lipinski definition) is 1. The van der Waals surface area contributed by atoms with Crippen LogP contribution in [0.15, 0.2) is 54.1 Å². The molecule has 0 aromatic heterocycles. The van der Waals surface area contributed by atoms with E-state index in [0.29, 0.717) is 28.6 Å². The van der Waals surface area contributed by atoms with E-state index < -0.39 is 17.7 Å². The molecule has 2 aromatic carbocycles. The monoisotopic (exact) mass is 389 g/mol. The molecule has 134 valence electrons. The summed E-state index contributed by atoms with van der Waals surface area (Å²) in [5.74, 6) is -1.51. The third kappa shape index (κ3) is 3.35. The fourth-order valence-electron chi connectivity index (χ4n) is 3.11. The van der Waals surface area contributed by atoms with Crippen molar-refractivity contribution >= 4 is 40.7 Å². The summed E-state index contributed by atoms with van der Waals surface area (Å²) in [6.45, 7) is 2.34. The maximum atomic E-state index is 12.7. The Morgan fingerprint density at radius 3 is 2.08 bits per heavy atom. The molecule has 0 radical (unpaired) electrons. The molecule has 0 bridgehead atoms. The minimum atomic E-state index is -0.689. The van der Waals surface area contributed by atoms with Gasteiger partial charge in [-0.1, -0.05) is 42.3 Å². The number of nitrogens with zero attached hydrogens (tertiary/aromatic N) is 1. The van der Waals surface area contributed by atoms with E-state index in [2.05, 4.69) is 0 Å². The van der Waals surface area contributed by atoms with Crippen molar-refractivity contribution in [3.8, 4) is 0 Å². The molecule has 1 fully saturated rings. The maximum absolute atomic E-state index is 12.7. The summed E-state index contributed by atoms with van der Waals surface area (Å²) in [5, 5.41) is 11.9. The van der Waals surface area contributed by atoms with Gasteiger partial charge in [-0.15, -0.1) is 0 Å². The van der Waals surface area contributed by atoms with Crippen LogP contribution in [0, 0.1) is 0 Å². The molecule has 0 spiro atoms. The Bertz CT molecular complexity index is 873. The highest BCUT2D eigenvalue weighted by Gasteiger charge is 2.45. The standard InChI is InChI=1S/C20H17Cl2NO3/c1-2-11-23-17(12-3-7-14(21)8-4-12)16(19(25)20(23)26)18(24)13-5-9-15(22)10-6-13/h3-10,17,24H,2,11H2,1H3/b18-16-. The van der Waals surface area contributed by atoms with Crippen LogP contribution in [0.25, 0.3) is 5.76 Å². The van der Waals surface area contributed by atoms with E-state index >= 15 is 0 Å². The van der Waals surface area contributed by atoms with Gasteiger partial charge < -0.3 is 10.0 Å². The van der Waals surface area contributed by atoms with E-state index in [1.807, 2.05) is 6.92 Å². The zero-order valence-corrected chi connectivity index (χ0v) is 15.6. The average molecular weight is 390 g/mol. The molecule has 6 heteroatoms. The Hall–Kier alpha value is -2.30. The molecule has 1 unspecified atom stereocenters. The minimum absolute atomic E-state index is 0.0769. The second-order valence-corrected chi connectivity index (χ2v) is 6.92. The van der Waals surface area contributed by atoms with Gasteiger partial charge in [0.05, 0.1) is 11.6 Å². The number of benzene rings is 2. The number of aliphatic hydroxyl groups is 1. The molecular formula is C20H17Cl2NO3. The first-order valence-corrected chi connectivity index (χ1v) is 8.99. The molecule has 1 saturated heterocycles. The Labute approximate surface area is 161 Å². The molecule has 1 aliphatic heterocycles. The highest BCUT2D eigenvalue weighted by Crippen LogP contribution is 2.39. The number of likely N-dealkylation sites (tertiary alicyclic amines) is 1. The number of carbonyl (C=O) groups is 2. The molecular weight excluding hydrogens is 373 g/mol. The first kappa shape index (κ1) is 18.5. The van der Waals surface area contributed by atoms with Crippen LogP contribution in [0.1, 0.15) is 30.5 Å². The van der Waals surface area contributed by atoms with Crippen molar-refractivity contribution < 1.29 is 14.7 Å². The third-order valence-electron chi connectivity index (χ3n) is 4.31. The Morgan fingerprint density at radius 2 is 1.54 bits per heavy atom. The van der Waals surface area contributed by atoms with Crippen LogP contribution in [0.4, 0.5) is 0 Å². The van der Waals surface area contributed by atoms with Gasteiger partial charge in [-0.2, -0.15) is 0 Å². The number of halogens is 2. The first-order chi connectivity index (χ1) is 12.4. The molecule has 26 heavy (non-hydrogen) atoms. The van der Waals surface area contributed by atoms with E-state index in [0.717, 1.165) is 5.56 Å². The van der Waals surface area contributed by atoms with Gasteiger partial charge in [-0.3, -0.25) is 9.59 Å². The van der Waals surface area contributed by atoms with Gasteiger partial charge in [0.25, 0.3) is 11.7 Å². The molecule has 1 atom stereocenters. The molecule has 1 N–H and O–H groups in total. The number of ketones is 1. The second kappa shape index (κ2) is 7.52. The third-order valence-corrected chi connectivity index (χ3v) is 4.81. The van der Waals surface area contributed by atoms with E-state index in [1.165, 1.54) is 4.90 Å². The summed E-state index contributed by atoms with van der Waals surface area (Å²) in [6.07, 6.45) is 0.693. The van der Waals surface area contributed by atoms with Gasteiger partial charge >= 0.3 is 0 Å². The van der Waals surface area contributed by atoms with Crippen molar-refractivity contribution in [3.63, 3.8) is 0 Å². The van der Waals surface area contributed by atoms with Crippen molar-refractivity contribution in [2.45, 2.75) is 19.4 Å². The maximum Gasteiger partial charge on any atom is 0.295 e. The zero-order chi connectivity index (χ0) is 18.8. The number of hydrogen-bond acceptors (Lipinski definition) is 3. The number of amides is 1. The van der Waals surface area contributed by atoms with Gasteiger partial charge in [0.15, 0.2) is 0 Å². The van der Waals surface area contributed by atoms with E-state index in [1.54, 1.807) is 48.5 Å². The van der Waals surface area contributed by atoms with Gasteiger partial charge in [-0.25, -0.2) is 0 Å². The smallest absolute Gasteiger partial charge is 0.295 e. The zero-order valence-electron chi connectivity index (χ0n) is 14.1. The number of aliphatic hydroxyl groups excluding tert-OH is 1. The van der Waals surface area contributed by atoms with E-state index in [9.17, 15) is 14.7 Å². The lowest BCUT2D eigenvalue weighted by Crippen LogP contribution is -2.30. The molecule has 3 rings (SSSR count). The largest absolute Gasteiger partial charge is 0.507 e. The second-order valence-electron chi connectivity index (χ2n) is 6.05. The lowest BCUT2D eigenvalue weighted by atomic mass is 9.95. The van der Waals surface area contributed by atoms with Crippen molar-refractivity contribution in [1.82, 2.24) is 4.90 Å². The highest BCUT2D eigenvalue weighted by molar-refractivity contribution is 6.46. The first-order valence-electron chi connectivity index (χ1n) is 8.24. The topological polar surface area (TPSA) is 57.6 Å². The summed E-state index contributed by atoms with van der Waals surface area (Å²) >= 11 is 11.9. The predicted molar refractivity (Wildman–Crippen MR) is 102 cm³/mol. The normalized spacial score (nSPS) is 19.2. The number of rotatable bonds is 4. The summed E-state index contributed by atoms with van der Waals surface area (Å²) in [6, 6.07) is 12.7. The van der Waals surface area contributed by atoms with Crippen molar-refractivity contribution in [3.05, 3.63) is 75.3 Å². The average Bonchev–Trinajstić information content (AvgIpc) is 2.88. The van der Waals surface area contributed by atoms with E-state index in [4.69, 9.17) is 23.2 Å². The molecule has 1 amide bonds. The molecule has 2 aromatic rings. The van der Waals surface area contributed by atoms with Crippen LogP contribution < -0.4 is 0 Å². The van der Waals surface area contributed by atoms with Crippen LogP contribution in [-0.2, 0) is 9.59 Å². The predicted octanol–water partition coefficient (Wildman–Crippen LogP) is 4.83. The number of Topliss-reactive ketones (excluding diaryl/α,β-unsaturated/α-hetero) is 1. The number of carbonyl (C=O) groups excluding carboxylic acids is 2. The summed E-state index contributed by atoms with van der Waals surface area (Å²) in [4.78, 5) is 26.7. The molecule has 0 saturated carbocycles. The van der Waals surface area contributed by atoms with E-state index in [-0.39, 0.29) is 11.3 Å². The molecule has 0 aliphatic carbocycles. The summed E-state index contributed by atoms with van der Waals surface area (Å²) in [5.41, 5.74) is 1.23. The van der Waals surface area contributed by atoms with Crippen molar-refractivity contribution in [1.29, 1.82) is 0 Å². The quantitative estimate of drug-likeness (QED) is 0.462. The summed E-state index contributed by atoms with van der Waals surface area (Å²) < 4.78 is 0. The van der Waals surface area contributed by atoms with Crippen LogP contribution in [0.3, 0.4) is 0 Å². The lowest BCUT2D eigenvalue weighted by Gasteiger charge is -2.24. The van der Waals surface area contributed by atoms with Crippen LogP contribution in [0.2, 0.25) is 10.0 Å². The fourth-order valence-corrected chi connectivity index (χ4v) is 3.36. The van der Waals surface area contributed by atoms with Crippen LogP contribution in [0.5, 0.6) is 0 Å². The van der Waals surface area contributed by atoms with Gasteiger partial charge in [-0.05, 0) is 48.4 Å². The summed E-state index contributed by atoms with van der Waals surface area (Å²) in [7, 11) is 0. The van der Waals surface area contributed by atoms with Gasteiger partial charge in [0, 0.05) is 22.2 Å². The molecule has 1 heterocycles. The van der Waals surface area contributed by atoms with Gasteiger partial charge in [0.2, 0.25) is 0 Å². The molecule has 4 nitrogen and oxygen atoms in total. The fraction of sp³-hybridized carbons (Fsp3) is 0.200. The highest BCUT2D eigenvalue weighted by atomic mass is 35.5. The van der Waals surface area contributed by atoms with Gasteiger partial charge in [0.1, 0.15) is 5.76 Å². The van der Waals surface area contributed by atoms with Crippen LogP contribution >= 0.6 is 23.2 Å². The lowest BCUT2D eigenvalue weighted by molar-refractivity contribution is -0.139. The molecule has 1 aliphatic rings. The Balaban J connectivity index is 2.17. The SMILES string of the molecule is CCCN1C(=O)C(=O)/C(=C(\O)c2ccc(Cl)cc2)C1c1ccc(Cl)cc1. The van der Waals surface area contributed by atoms with Crippen molar-refractivity contribution in [2.24, 2.45) is 0 Å². The minimum Gasteiger partial charge on any atom is -0.507 e. The Kier molecular flexibility index (Phi) is 5.35. The Morgan fingerprint density at radius 1 is 1.00 bits per heavy atom. The van der Waals surface area contributed by atoms with Crippen molar-refractivity contribution in [2.75, 3.05) is 6.54 Å². The van der Waals surface area contributed by atoms with Crippen LogP contribution in [-0.4, -0.2) is 28.2 Å².